The molecule has 4 rings (SSSR count). The number of anilines is 1. The highest BCUT2D eigenvalue weighted by atomic mass is 16.6. The zero-order valence-corrected chi connectivity index (χ0v) is 12.9. The van der Waals surface area contributed by atoms with E-state index in [0.29, 0.717) is 55.5 Å². The van der Waals surface area contributed by atoms with E-state index in [0.717, 1.165) is 0 Å². The monoisotopic (exact) mass is 335 g/mol. The van der Waals surface area contributed by atoms with Crippen LogP contribution < -0.4 is 9.70 Å². The molecule has 126 valence electrons. The van der Waals surface area contributed by atoms with Gasteiger partial charge in [-0.15, -0.1) is 4.63 Å². The van der Waals surface area contributed by atoms with Crippen LogP contribution in [0.4, 0.5) is 5.82 Å². The number of piperidine rings is 1. The molecule has 0 bridgehead atoms. The van der Waals surface area contributed by atoms with Gasteiger partial charge in [-0.05, 0) is 40.0 Å². The molecule has 0 aliphatic carbocycles. The van der Waals surface area contributed by atoms with E-state index in [1.165, 1.54) is 4.80 Å². The molecule has 0 atom stereocenters. The van der Waals surface area contributed by atoms with E-state index in [9.17, 15) is 4.79 Å². The van der Waals surface area contributed by atoms with Crippen LogP contribution in [0.2, 0.25) is 0 Å². The van der Waals surface area contributed by atoms with Crippen LogP contribution in [0.1, 0.15) is 19.8 Å². The van der Waals surface area contributed by atoms with Crippen molar-refractivity contribution >= 4 is 23.1 Å². The van der Waals surface area contributed by atoms with Crippen molar-refractivity contribution in [1.29, 1.82) is 0 Å². The van der Waals surface area contributed by atoms with Gasteiger partial charge < -0.3 is 9.64 Å². The van der Waals surface area contributed by atoms with Gasteiger partial charge in [0.2, 0.25) is 0 Å². The summed E-state index contributed by atoms with van der Waals surface area (Å²) in [7, 11) is 0. The molecular weight excluding hydrogens is 320 g/mol. The van der Waals surface area contributed by atoms with Crippen LogP contribution in [0.25, 0.3) is 17.1 Å². The van der Waals surface area contributed by atoms with Gasteiger partial charge in [-0.2, -0.15) is 5.10 Å². The lowest BCUT2D eigenvalue weighted by molar-refractivity contribution is -0.714. The molecule has 3 aromatic rings. The summed E-state index contributed by atoms with van der Waals surface area (Å²) in [4.78, 5) is 15.2. The van der Waals surface area contributed by atoms with Crippen molar-refractivity contribution in [2.45, 2.75) is 19.8 Å². The third-order valence-corrected chi connectivity index (χ3v) is 3.95. The highest BCUT2D eigenvalue weighted by molar-refractivity contribution is 5.72. The first-order valence-electron chi connectivity index (χ1n) is 7.61. The number of H-pyrrole nitrogens is 1. The van der Waals surface area contributed by atoms with Crippen molar-refractivity contribution in [3.05, 3.63) is 0 Å². The van der Waals surface area contributed by atoms with E-state index in [4.69, 9.17) is 9.37 Å². The van der Waals surface area contributed by atoms with Crippen molar-refractivity contribution < 1.29 is 23.6 Å². The molecule has 24 heavy (non-hydrogen) atoms. The van der Waals surface area contributed by atoms with Crippen molar-refractivity contribution in [3.8, 4) is 5.82 Å². The predicted octanol–water partition coefficient (Wildman–Crippen LogP) is -0.615. The molecule has 1 aliphatic heterocycles. The summed E-state index contributed by atoms with van der Waals surface area (Å²) in [6, 6.07) is 0. The van der Waals surface area contributed by atoms with Crippen LogP contribution in [0.15, 0.2) is 9.26 Å². The second kappa shape index (κ2) is 5.86. The topological polar surface area (TPSA) is 140 Å². The minimum absolute atomic E-state index is 0.0840. The fraction of sp³-hybridized carbons (Fsp3) is 0.583. The van der Waals surface area contributed by atoms with Gasteiger partial charge in [-0.3, -0.25) is 4.79 Å². The largest absolute Gasteiger partial charge is 0.466 e. The van der Waals surface area contributed by atoms with Crippen LogP contribution in [0.5, 0.6) is 0 Å². The van der Waals surface area contributed by atoms with E-state index < -0.39 is 0 Å². The minimum atomic E-state index is -0.143. The van der Waals surface area contributed by atoms with Gasteiger partial charge in [0, 0.05) is 18.2 Å². The van der Waals surface area contributed by atoms with Gasteiger partial charge in [0.05, 0.1) is 12.5 Å². The first-order chi connectivity index (χ1) is 11.8. The summed E-state index contributed by atoms with van der Waals surface area (Å²) in [5.41, 5.74) is 0.718. The van der Waals surface area contributed by atoms with Gasteiger partial charge in [0.15, 0.2) is 5.16 Å². The third kappa shape index (κ3) is 2.45. The fourth-order valence-corrected chi connectivity index (χ4v) is 2.74. The predicted molar refractivity (Wildman–Crippen MR) is 74.9 cm³/mol. The Bertz CT molecular complexity index is 818. The molecule has 1 fully saturated rings. The first-order valence-corrected chi connectivity index (χ1v) is 7.61. The number of rotatable bonds is 4. The van der Waals surface area contributed by atoms with E-state index in [1.807, 2.05) is 11.8 Å². The maximum Gasteiger partial charge on any atom is 0.463 e. The number of fused-ring (bicyclic) bond motifs is 1. The fourth-order valence-electron chi connectivity index (χ4n) is 2.74. The number of ether oxygens (including phenoxy) is 1. The van der Waals surface area contributed by atoms with Crippen LogP contribution in [0, 0.1) is 5.92 Å². The first kappa shape index (κ1) is 14.5. The summed E-state index contributed by atoms with van der Waals surface area (Å²) < 4.78 is 14.5. The molecule has 12 nitrogen and oxygen atoms in total. The number of hydrogen-bond donors (Lipinski definition) is 1. The lowest BCUT2D eigenvalue weighted by Gasteiger charge is -2.29. The molecule has 12 heteroatoms. The second-order valence-corrected chi connectivity index (χ2v) is 5.38. The Morgan fingerprint density at radius 3 is 2.83 bits per heavy atom. The van der Waals surface area contributed by atoms with Crippen molar-refractivity contribution in [1.82, 2.24) is 30.8 Å². The van der Waals surface area contributed by atoms with Gasteiger partial charge in [0.1, 0.15) is 0 Å². The number of nitrogens with zero attached hydrogens (tertiary/aromatic N) is 7. The summed E-state index contributed by atoms with van der Waals surface area (Å²) >= 11 is 0. The Hall–Kier alpha value is -3.05. The molecule has 0 aromatic carbocycles. The van der Waals surface area contributed by atoms with Crippen molar-refractivity contribution in [2.24, 2.45) is 5.92 Å². The SMILES string of the molecule is CCOC(=O)C1CCN(c2nonc2-[n+]2nc3nonc3[nH]2)CC1. The zero-order valence-electron chi connectivity index (χ0n) is 12.9. The number of carbonyl (C=O) groups is 1. The number of esters is 1. The third-order valence-electron chi connectivity index (χ3n) is 3.95. The lowest BCUT2D eigenvalue weighted by Crippen LogP contribution is -2.42. The van der Waals surface area contributed by atoms with Gasteiger partial charge in [-0.25, -0.2) is 4.63 Å². The van der Waals surface area contributed by atoms with E-state index >= 15 is 0 Å². The summed E-state index contributed by atoms with van der Waals surface area (Å²) in [6.45, 7) is 3.49. The van der Waals surface area contributed by atoms with Crippen molar-refractivity contribution in [3.63, 3.8) is 0 Å². The van der Waals surface area contributed by atoms with Gasteiger partial charge in [-0.1, -0.05) is 0 Å². The quantitative estimate of drug-likeness (QED) is 0.484. The normalized spacial score (nSPS) is 16.0. The summed E-state index contributed by atoms with van der Waals surface area (Å²) in [5, 5.41) is 22.2. The Morgan fingerprint density at radius 2 is 2.08 bits per heavy atom. The standard InChI is InChI=1S/C12H15N8O4/c1-2-22-12(21)7-3-5-19(6-4-7)10-11(18-24-17-10)20-13-8-9(14-20)16-23-15-8/h7H,2-6H2,1H3,(H,13,14,15,16)/q+1. The van der Waals surface area contributed by atoms with Crippen LogP contribution in [-0.4, -0.2) is 56.5 Å². The van der Waals surface area contributed by atoms with Crippen LogP contribution in [-0.2, 0) is 9.53 Å². The summed E-state index contributed by atoms with van der Waals surface area (Å²) in [6.07, 6.45) is 1.37. The number of aromatic nitrogens is 7. The van der Waals surface area contributed by atoms with Crippen LogP contribution >= 0.6 is 0 Å². The number of carbonyl (C=O) groups excluding carboxylic acids is 1. The molecular formula is C12H15N8O4+. The second-order valence-electron chi connectivity index (χ2n) is 5.38. The maximum atomic E-state index is 11.8. The average Bonchev–Trinajstić information content (AvgIpc) is 3.30. The van der Waals surface area contributed by atoms with Gasteiger partial charge in [0.25, 0.3) is 17.1 Å². The molecule has 1 aliphatic rings. The number of aromatic amines is 1. The highest BCUT2D eigenvalue weighted by Crippen LogP contribution is 2.24. The smallest absolute Gasteiger partial charge is 0.463 e. The molecule has 0 unspecified atom stereocenters. The zero-order chi connectivity index (χ0) is 16.5. The minimum Gasteiger partial charge on any atom is -0.466 e. The molecule has 0 saturated carbocycles. The Balaban J connectivity index is 1.51. The maximum absolute atomic E-state index is 11.8. The molecule has 1 N–H and O–H groups in total. The van der Waals surface area contributed by atoms with Gasteiger partial charge >= 0.3 is 11.8 Å². The number of hydrogen-bond acceptors (Lipinski definition) is 10. The molecule has 1 saturated heterocycles. The highest BCUT2D eigenvalue weighted by Gasteiger charge is 2.34. The van der Waals surface area contributed by atoms with E-state index in [-0.39, 0.29) is 11.9 Å². The Morgan fingerprint density at radius 1 is 1.29 bits per heavy atom. The lowest BCUT2D eigenvalue weighted by atomic mass is 9.97. The Kier molecular flexibility index (Phi) is 3.55. The molecule has 4 heterocycles. The molecule has 0 spiro atoms. The van der Waals surface area contributed by atoms with Crippen LogP contribution in [0.3, 0.4) is 0 Å². The Labute approximate surface area is 134 Å². The molecule has 0 radical (unpaired) electrons. The van der Waals surface area contributed by atoms with Crippen molar-refractivity contribution in [2.75, 3.05) is 24.6 Å². The number of nitrogens with one attached hydrogen (secondary N) is 1. The molecule has 0 amide bonds. The van der Waals surface area contributed by atoms with E-state index in [2.05, 4.69) is 35.5 Å². The summed E-state index contributed by atoms with van der Waals surface area (Å²) in [5.74, 6) is 0.704. The molecule has 3 aromatic heterocycles. The average molecular weight is 335 g/mol. The van der Waals surface area contributed by atoms with E-state index in [1.54, 1.807) is 0 Å².